The summed E-state index contributed by atoms with van der Waals surface area (Å²) < 4.78 is 1.52. The number of aromatic nitrogens is 2. The molecule has 0 atom stereocenters. The van der Waals surface area contributed by atoms with E-state index in [2.05, 4.69) is 12.0 Å². The van der Waals surface area contributed by atoms with E-state index in [0.29, 0.717) is 6.54 Å². The van der Waals surface area contributed by atoms with Crippen LogP contribution in [-0.4, -0.2) is 14.7 Å². The average molecular weight is 268 g/mol. The molecule has 1 aromatic rings. The SMILES string of the molecule is CCCCCCCCCCn1ncc([N+](=O)[O-])c1N. The highest BCUT2D eigenvalue weighted by Crippen LogP contribution is 2.20. The zero-order valence-electron chi connectivity index (χ0n) is 11.7. The summed E-state index contributed by atoms with van der Waals surface area (Å²) in [5, 5.41) is 14.6. The topological polar surface area (TPSA) is 87.0 Å². The van der Waals surface area contributed by atoms with Gasteiger partial charge in [-0.3, -0.25) is 10.1 Å². The Morgan fingerprint density at radius 2 is 1.79 bits per heavy atom. The van der Waals surface area contributed by atoms with Crippen molar-refractivity contribution in [3.05, 3.63) is 16.3 Å². The highest BCUT2D eigenvalue weighted by Gasteiger charge is 2.16. The Hall–Kier alpha value is -1.59. The van der Waals surface area contributed by atoms with Crippen molar-refractivity contribution in [1.82, 2.24) is 9.78 Å². The Morgan fingerprint density at radius 3 is 2.32 bits per heavy atom. The van der Waals surface area contributed by atoms with Gasteiger partial charge in [-0.1, -0.05) is 51.9 Å². The summed E-state index contributed by atoms with van der Waals surface area (Å²) in [5.41, 5.74) is 5.56. The maximum absolute atomic E-state index is 10.6. The highest BCUT2D eigenvalue weighted by molar-refractivity contribution is 5.51. The van der Waals surface area contributed by atoms with Gasteiger partial charge in [0, 0.05) is 6.54 Å². The van der Waals surface area contributed by atoms with Crippen molar-refractivity contribution in [3.63, 3.8) is 0 Å². The van der Waals surface area contributed by atoms with Crippen LogP contribution in [0.15, 0.2) is 6.20 Å². The number of rotatable bonds is 10. The van der Waals surface area contributed by atoms with Gasteiger partial charge < -0.3 is 5.73 Å². The van der Waals surface area contributed by atoms with Crippen molar-refractivity contribution < 1.29 is 4.92 Å². The number of nitrogen functional groups attached to an aromatic ring is 1. The monoisotopic (exact) mass is 268 g/mol. The zero-order chi connectivity index (χ0) is 14.1. The molecule has 0 fully saturated rings. The fourth-order valence-electron chi connectivity index (χ4n) is 2.10. The van der Waals surface area contributed by atoms with E-state index in [1.807, 2.05) is 0 Å². The molecule has 0 spiro atoms. The zero-order valence-corrected chi connectivity index (χ0v) is 11.7. The minimum absolute atomic E-state index is 0.0976. The van der Waals surface area contributed by atoms with Gasteiger partial charge in [0.25, 0.3) is 0 Å². The second-order valence-corrected chi connectivity index (χ2v) is 4.87. The Labute approximate surface area is 114 Å². The fourth-order valence-corrected chi connectivity index (χ4v) is 2.10. The predicted molar refractivity (Wildman–Crippen MR) is 75.9 cm³/mol. The number of aryl methyl sites for hydroxylation is 1. The molecule has 1 aromatic heterocycles. The van der Waals surface area contributed by atoms with Gasteiger partial charge in [-0.2, -0.15) is 5.10 Å². The van der Waals surface area contributed by atoms with E-state index in [0.717, 1.165) is 12.8 Å². The second kappa shape index (κ2) is 8.50. The molecule has 1 rings (SSSR count). The predicted octanol–water partition coefficient (Wildman–Crippen LogP) is 3.51. The summed E-state index contributed by atoms with van der Waals surface area (Å²) in [6, 6.07) is 0. The molecule has 19 heavy (non-hydrogen) atoms. The number of hydrogen-bond donors (Lipinski definition) is 1. The van der Waals surface area contributed by atoms with Gasteiger partial charge in [0.15, 0.2) is 0 Å². The van der Waals surface area contributed by atoms with Crippen LogP contribution in [0.4, 0.5) is 11.5 Å². The summed E-state index contributed by atoms with van der Waals surface area (Å²) >= 11 is 0. The largest absolute Gasteiger partial charge is 0.378 e. The van der Waals surface area contributed by atoms with Gasteiger partial charge in [-0.15, -0.1) is 0 Å². The molecule has 6 nitrogen and oxygen atoms in total. The van der Waals surface area contributed by atoms with Crippen LogP contribution in [0, 0.1) is 10.1 Å². The summed E-state index contributed by atoms with van der Waals surface area (Å²) in [6.45, 7) is 2.88. The maximum Gasteiger partial charge on any atom is 0.330 e. The molecule has 0 amide bonds. The minimum atomic E-state index is -0.493. The lowest BCUT2D eigenvalue weighted by Gasteiger charge is -2.03. The lowest BCUT2D eigenvalue weighted by molar-refractivity contribution is -0.384. The molecule has 0 saturated carbocycles. The first-order valence-electron chi connectivity index (χ1n) is 7.12. The van der Waals surface area contributed by atoms with Gasteiger partial charge in [-0.25, -0.2) is 4.68 Å². The maximum atomic E-state index is 10.6. The molecular formula is C13H24N4O2. The van der Waals surface area contributed by atoms with Crippen LogP contribution in [-0.2, 0) is 6.54 Å². The number of unbranched alkanes of at least 4 members (excludes halogenated alkanes) is 7. The summed E-state index contributed by atoms with van der Waals surface area (Å²) in [6.07, 6.45) is 11.0. The van der Waals surface area contributed by atoms with Crippen molar-refractivity contribution >= 4 is 11.5 Å². The number of nitrogens with two attached hydrogens (primary N) is 1. The summed E-state index contributed by atoms with van der Waals surface area (Å²) in [5.74, 6) is 0.160. The van der Waals surface area contributed by atoms with Gasteiger partial charge in [-0.05, 0) is 6.42 Å². The van der Waals surface area contributed by atoms with Crippen LogP contribution in [0.1, 0.15) is 58.3 Å². The van der Waals surface area contributed by atoms with Crippen molar-refractivity contribution in [2.75, 3.05) is 5.73 Å². The van der Waals surface area contributed by atoms with E-state index in [-0.39, 0.29) is 11.5 Å². The molecule has 0 aliphatic heterocycles. The Morgan fingerprint density at radius 1 is 1.21 bits per heavy atom. The molecule has 0 bridgehead atoms. The van der Waals surface area contributed by atoms with Crippen LogP contribution in [0.2, 0.25) is 0 Å². The normalized spacial score (nSPS) is 10.8. The quantitative estimate of drug-likeness (QED) is 0.399. The van der Waals surface area contributed by atoms with Crippen LogP contribution < -0.4 is 5.73 Å². The molecule has 0 unspecified atom stereocenters. The lowest BCUT2D eigenvalue weighted by atomic mass is 10.1. The molecule has 0 saturated heterocycles. The lowest BCUT2D eigenvalue weighted by Crippen LogP contribution is -2.05. The van der Waals surface area contributed by atoms with E-state index >= 15 is 0 Å². The van der Waals surface area contributed by atoms with Gasteiger partial charge in [0.2, 0.25) is 5.82 Å². The molecule has 0 radical (unpaired) electrons. The first-order valence-corrected chi connectivity index (χ1v) is 7.12. The van der Waals surface area contributed by atoms with Crippen LogP contribution >= 0.6 is 0 Å². The highest BCUT2D eigenvalue weighted by atomic mass is 16.6. The Kier molecular flexibility index (Phi) is 6.92. The molecule has 0 aromatic carbocycles. The van der Waals surface area contributed by atoms with Gasteiger partial charge >= 0.3 is 5.69 Å². The Balaban J connectivity index is 2.14. The summed E-state index contributed by atoms with van der Waals surface area (Å²) in [4.78, 5) is 10.1. The first kappa shape index (κ1) is 15.5. The van der Waals surface area contributed by atoms with Gasteiger partial charge in [0.1, 0.15) is 6.20 Å². The number of anilines is 1. The minimum Gasteiger partial charge on any atom is -0.378 e. The van der Waals surface area contributed by atoms with Crippen molar-refractivity contribution in [2.45, 2.75) is 64.8 Å². The number of hydrogen-bond acceptors (Lipinski definition) is 4. The standard InChI is InChI=1S/C13H24N4O2/c1-2-3-4-5-6-7-8-9-10-16-13(14)12(11-15-16)17(18)19/h11H,2-10,14H2,1H3. The molecule has 6 heteroatoms. The van der Waals surface area contributed by atoms with Crippen molar-refractivity contribution in [1.29, 1.82) is 0 Å². The fraction of sp³-hybridized carbons (Fsp3) is 0.769. The third-order valence-corrected chi connectivity index (χ3v) is 3.28. The van der Waals surface area contributed by atoms with Crippen LogP contribution in [0.5, 0.6) is 0 Å². The van der Waals surface area contributed by atoms with Crippen molar-refractivity contribution in [2.24, 2.45) is 0 Å². The third kappa shape index (κ3) is 5.28. The molecule has 0 aliphatic carbocycles. The molecule has 1 heterocycles. The van der Waals surface area contributed by atoms with E-state index in [4.69, 9.17) is 5.73 Å². The van der Waals surface area contributed by atoms with Gasteiger partial charge in [0.05, 0.1) is 4.92 Å². The Bertz CT molecular complexity index is 390. The molecule has 108 valence electrons. The van der Waals surface area contributed by atoms with Crippen LogP contribution in [0.3, 0.4) is 0 Å². The first-order chi connectivity index (χ1) is 9.16. The number of nitrogens with zero attached hydrogens (tertiary/aromatic N) is 3. The summed E-state index contributed by atoms with van der Waals surface area (Å²) in [7, 11) is 0. The average Bonchev–Trinajstić information content (AvgIpc) is 2.74. The van der Waals surface area contributed by atoms with E-state index in [1.54, 1.807) is 0 Å². The second-order valence-electron chi connectivity index (χ2n) is 4.87. The van der Waals surface area contributed by atoms with E-state index in [9.17, 15) is 10.1 Å². The third-order valence-electron chi connectivity index (χ3n) is 3.28. The van der Waals surface area contributed by atoms with E-state index in [1.165, 1.54) is 49.4 Å². The molecule has 2 N–H and O–H groups in total. The molecular weight excluding hydrogens is 244 g/mol. The smallest absolute Gasteiger partial charge is 0.330 e. The number of nitro groups is 1. The molecule has 0 aliphatic rings. The van der Waals surface area contributed by atoms with E-state index < -0.39 is 4.92 Å². The van der Waals surface area contributed by atoms with Crippen LogP contribution in [0.25, 0.3) is 0 Å². The van der Waals surface area contributed by atoms with Crippen molar-refractivity contribution in [3.8, 4) is 0 Å².